The number of hydrogen-bond acceptors (Lipinski definition) is 2. The summed E-state index contributed by atoms with van der Waals surface area (Å²) in [7, 11) is 0. The molecule has 0 amide bonds. The van der Waals surface area contributed by atoms with Crippen LogP contribution >= 0.6 is 11.6 Å². The molecule has 18 heavy (non-hydrogen) atoms. The van der Waals surface area contributed by atoms with Crippen molar-refractivity contribution in [1.82, 2.24) is 5.32 Å². The van der Waals surface area contributed by atoms with Gasteiger partial charge in [0.05, 0.1) is 0 Å². The molecule has 1 aromatic carbocycles. The zero-order chi connectivity index (χ0) is 13.1. The van der Waals surface area contributed by atoms with Gasteiger partial charge in [-0.15, -0.1) is 0 Å². The molecule has 2 atom stereocenters. The van der Waals surface area contributed by atoms with Crippen molar-refractivity contribution < 1.29 is 4.74 Å². The van der Waals surface area contributed by atoms with E-state index in [2.05, 4.69) is 19.2 Å². The second-order valence-corrected chi connectivity index (χ2v) is 5.85. The molecular formula is C15H22ClNO. The molecule has 1 aromatic rings. The van der Waals surface area contributed by atoms with E-state index in [1.54, 1.807) is 0 Å². The smallest absolute Gasteiger partial charge is 0.124 e. The first-order chi connectivity index (χ1) is 8.59. The highest BCUT2D eigenvalue weighted by molar-refractivity contribution is 6.31. The lowest BCUT2D eigenvalue weighted by atomic mass is 9.92. The first kappa shape index (κ1) is 13.7. The molecule has 0 unspecified atom stereocenters. The maximum Gasteiger partial charge on any atom is 0.124 e. The summed E-state index contributed by atoms with van der Waals surface area (Å²) in [5.41, 5.74) is 1.04. The predicted molar refractivity (Wildman–Crippen MR) is 76.4 cm³/mol. The van der Waals surface area contributed by atoms with E-state index in [9.17, 15) is 0 Å². The molecule has 100 valence electrons. The van der Waals surface area contributed by atoms with Crippen LogP contribution in [0.15, 0.2) is 18.2 Å². The lowest BCUT2D eigenvalue weighted by Crippen LogP contribution is -2.33. The Hall–Kier alpha value is -0.730. The highest BCUT2D eigenvalue weighted by Crippen LogP contribution is 2.30. The van der Waals surface area contributed by atoms with Gasteiger partial charge in [-0.3, -0.25) is 0 Å². The molecule has 2 rings (SSSR count). The number of benzene rings is 1. The van der Waals surface area contributed by atoms with Gasteiger partial charge in [-0.25, -0.2) is 0 Å². The van der Waals surface area contributed by atoms with E-state index >= 15 is 0 Å². The third-order valence-electron chi connectivity index (χ3n) is 3.70. The van der Waals surface area contributed by atoms with Crippen LogP contribution in [0, 0.1) is 18.8 Å². The molecular weight excluding hydrogens is 246 g/mol. The third-order valence-corrected chi connectivity index (χ3v) is 4.11. The Morgan fingerprint density at radius 1 is 1.39 bits per heavy atom. The van der Waals surface area contributed by atoms with Gasteiger partial charge in [-0.1, -0.05) is 31.5 Å². The van der Waals surface area contributed by atoms with Crippen molar-refractivity contribution >= 4 is 11.6 Å². The van der Waals surface area contributed by atoms with E-state index in [1.807, 2.05) is 25.1 Å². The fourth-order valence-corrected chi connectivity index (χ4v) is 2.76. The van der Waals surface area contributed by atoms with Crippen LogP contribution in [0.25, 0.3) is 0 Å². The van der Waals surface area contributed by atoms with Crippen molar-refractivity contribution in [3.05, 3.63) is 28.8 Å². The molecule has 1 aliphatic rings. The Kier molecular flexibility index (Phi) is 4.52. The van der Waals surface area contributed by atoms with Crippen LogP contribution in [0.2, 0.25) is 5.02 Å². The average Bonchev–Trinajstić information content (AvgIpc) is 2.84. The Balaban J connectivity index is 2.15. The molecule has 0 aliphatic carbocycles. The quantitative estimate of drug-likeness (QED) is 0.899. The average molecular weight is 268 g/mol. The summed E-state index contributed by atoms with van der Waals surface area (Å²) in [5, 5.41) is 4.19. The second kappa shape index (κ2) is 5.94. The standard InChI is InChI=1S/C15H22ClNO/c1-10(2)15(12-7-8-17-9-12)18-14-6-4-5-13(16)11(14)3/h4-6,10,12,15,17H,7-9H2,1-3H3/t12-,15-/m0/s1. The molecule has 3 heteroatoms. The lowest BCUT2D eigenvalue weighted by Gasteiger charge is -2.28. The molecule has 1 heterocycles. The van der Waals surface area contributed by atoms with Crippen molar-refractivity contribution in [1.29, 1.82) is 0 Å². The highest BCUT2D eigenvalue weighted by atomic mass is 35.5. The Labute approximate surface area is 115 Å². The number of rotatable bonds is 4. The van der Waals surface area contributed by atoms with Crippen LogP contribution < -0.4 is 10.1 Å². The van der Waals surface area contributed by atoms with Gasteiger partial charge < -0.3 is 10.1 Å². The maximum atomic E-state index is 6.25. The van der Waals surface area contributed by atoms with Gasteiger partial charge in [-0.2, -0.15) is 0 Å². The van der Waals surface area contributed by atoms with Gasteiger partial charge in [0.15, 0.2) is 0 Å². The summed E-state index contributed by atoms with van der Waals surface area (Å²) in [5.74, 6) is 2.03. The van der Waals surface area contributed by atoms with E-state index < -0.39 is 0 Å². The fourth-order valence-electron chi connectivity index (χ4n) is 2.60. The van der Waals surface area contributed by atoms with Crippen LogP contribution in [0.3, 0.4) is 0 Å². The van der Waals surface area contributed by atoms with Crippen LogP contribution in [0.5, 0.6) is 5.75 Å². The molecule has 0 bridgehead atoms. The predicted octanol–water partition coefficient (Wildman–Crippen LogP) is 3.66. The van der Waals surface area contributed by atoms with Gasteiger partial charge >= 0.3 is 0 Å². The summed E-state index contributed by atoms with van der Waals surface area (Å²) in [4.78, 5) is 0. The van der Waals surface area contributed by atoms with E-state index in [-0.39, 0.29) is 6.10 Å². The summed E-state index contributed by atoms with van der Waals surface area (Å²) in [6.07, 6.45) is 1.46. The van der Waals surface area contributed by atoms with Crippen molar-refractivity contribution in [2.24, 2.45) is 11.8 Å². The van der Waals surface area contributed by atoms with Gasteiger partial charge in [0.2, 0.25) is 0 Å². The minimum atomic E-state index is 0.261. The molecule has 0 saturated carbocycles. The monoisotopic (exact) mass is 267 g/mol. The zero-order valence-corrected chi connectivity index (χ0v) is 12.1. The van der Waals surface area contributed by atoms with E-state index in [1.165, 1.54) is 6.42 Å². The lowest BCUT2D eigenvalue weighted by molar-refractivity contribution is 0.0966. The summed E-state index contributed by atoms with van der Waals surface area (Å²) < 4.78 is 6.25. The van der Waals surface area contributed by atoms with Crippen LogP contribution in [0.4, 0.5) is 0 Å². The van der Waals surface area contributed by atoms with Crippen molar-refractivity contribution in [3.8, 4) is 5.75 Å². The highest BCUT2D eigenvalue weighted by Gasteiger charge is 2.29. The number of ether oxygens (including phenoxy) is 1. The number of nitrogens with one attached hydrogen (secondary N) is 1. The zero-order valence-electron chi connectivity index (χ0n) is 11.4. The van der Waals surface area contributed by atoms with Crippen molar-refractivity contribution in [2.45, 2.75) is 33.3 Å². The first-order valence-electron chi connectivity index (χ1n) is 6.72. The fraction of sp³-hybridized carbons (Fsp3) is 0.600. The second-order valence-electron chi connectivity index (χ2n) is 5.44. The Morgan fingerprint density at radius 3 is 2.78 bits per heavy atom. The van der Waals surface area contributed by atoms with Gasteiger partial charge in [-0.05, 0) is 37.9 Å². The van der Waals surface area contributed by atoms with Crippen LogP contribution in [-0.2, 0) is 0 Å². The number of hydrogen-bond donors (Lipinski definition) is 1. The van der Waals surface area contributed by atoms with Gasteiger partial charge in [0.25, 0.3) is 0 Å². The molecule has 0 aromatic heterocycles. The SMILES string of the molecule is Cc1c(Cl)cccc1O[C@@H](C(C)C)[C@H]1CCNC1. The van der Waals surface area contributed by atoms with Gasteiger partial charge in [0.1, 0.15) is 11.9 Å². The van der Waals surface area contributed by atoms with Crippen molar-refractivity contribution in [2.75, 3.05) is 13.1 Å². The Bertz CT molecular complexity index is 399. The van der Waals surface area contributed by atoms with Crippen molar-refractivity contribution in [3.63, 3.8) is 0 Å². The van der Waals surface area contributed by atoms with Gasteiger partial charge in [0, 0.05) is 23.0 Å². The normalized spacial score (nSPS) is 21.3. The largest absolute Gasteiger partial charge is 0.489 e. The molecule has 0 spiro atoms. The van der Waals surface area contributed by atoms with E-state index in [0.717, 1.165) is 29.4 Å². The molecule has 2 nitrogen and oxygen atoms in total. The Morgan fingerprint density at radius 2 is 2.17 bits per heavy atom. The summed E-state index contributed by atoms with van der Waals surface area (Å²) in [6.45, 7) is 8.63. The summed E-state index contributed by atoms with van der Waals surface area (Å²) >= 11 is 6.14. The third kappa shape index (κ3) is 2.99. The summed E-state index contributed by atoms with van der Waals surface area (Å²) in [6, 6.07) is 5.87. The molecule has 0 radical (unpaired) electrons. The molecule has 1 aliphatic heterocycles. The maximum absolute atomic E-state index is 6.25. The molecule has 1 fully saturated rings. The van der Waals surface area contributed by atoms with E-state index in [0.29, 0.717) is 11.8 Å². The number of halogens is 1. The van der Waals surface area contributed by atoms with E-state index in [4.69, 9.17) is 16.3 Å². The molecule has 1 N–H and O–H groups in total. The topological polar surface area (TPSA) is 21.3 Å². The first-order valence-corrected chi connectivity index (χ1v) is 7.10. The molecule has 1 saturated heterocycles. The minimum Gasteiger partial charge on any atom is -0.489 e. The van der Waals surface area contributed by atoms with Crippen LogP contribution in [-0.4, -0.2) is 19.2 Å². The minimum absolute atomic E-state index is 0.261. The van der Waals surface area contributed by atoms with Crippen LogP contribution in [0.1, 0.15) is 25.8 Å².